The first-order chi connectivity index (χ1) is 7.67. The van der Waals surface area contributed by atoms with Crippen molar-refractivity contribution in [3.8, 4) is 0 Å². The number of likely N-dealkylation sites (N-methyl/N-ethyl adjacent to an activating group) is 1. The predicted molar refractivity (Wildman–Crippen MR) is 67.0 cm³/mol. The van der Waals surface area contributed by atoms with Gasteiger partial charge < -0.3 is 10.6 Å². The van der Waals surface area contributed by atoms with Gasteiger partial charge in [0.05, 0.1) is 6.42 Å². The van der Waals surface area contributed by atoms with E-state index < -0.39 is 0 Å². The number of nitrogens with two attached hydrogens (primary N) is 1. The molecule has 0 aliphatic rings. The van der Waals surface area contributed by atoms with E-state index in [1.807, 2.05) is 31.2 Å². The van der Waals surface area contributed by atoms with E-state index in [4.69, 9.17) is 5.73 Å². The molecule has 1 aromatic carbocycles. The summed E-state index contributed by atoms with van der Waals surface area (Å²) in [5.74, 6) is 0.105. The highest BCUT2D eigenvalue weighted by atomic mass is 16.2. The fourth-order valence-corrected chi connectivity index (χ4v) is 1.55. The van der Waals surface area contributed by atoms with Crippen LogP contribution in [0.4, 0.5) is 5.69 Å². The molecule has 3 nitrogen and oxygen atoms in total. The molecule has 16 heavy (non-hydrogen) atoms. The number of nitrogens with zero attached hydrogens (tertiary/aromatic N) is 1. The van der Waals surface area contributed by atoms with Gasteiger partial charge in [0.1, 0.15) is 0 Å². The van der Waals surface area contributed by atoms with Crippen LogP contribution in [-0.4, -0.2) is 23.9 Å². The SMILES string of the molecule is C=CCN(CC)C(=O)Cc1cccc(N)c1. The van der Waals surface area contributed by atoms with Crippen LogP contribution >= 0.6 is 0 Å². The number of anilines is 1. The Morgan fingerprint density at radius 3 is 2.88 bits per heavy atom. The second-order valence-electron chi connectivity index (χ2n) is 3.64. The number of amides is 1. The maximum Gasteiger partial charge on any atom is 0.227 e. The zero-order valence-electron chi connectivity index (χ0n) is 9.65. The highest BCUT2D eigenvalue weighted by Crippen LogP contribution is 2.08. The Hall–Kier alpha value is -1.77. The third-order valence-electron chi connectivity index (χ3n) is 2.39. The second kappa shape index (κ2) is 5.95. The molecule has 0 unspecified atom stereocenters. The lowest BCUT2D eigenvalue weighted by molar-refractivity contribution is -0.129. The molecule has 1 rings (SSSR count). The summed E-state index contributed by atoms with van der Waals surface area (Å²) in [5, 5.41) is 0. The molecule has 0 aliphatic carbocycles. The number of carbonyl (C=O) groups excluding carboxylic acids is 1. The Morgan fingerprint density at radius 1 is 1.56 bits per heavy atom. The molecule has 0 atom stereocenters. The lowest BCUT2D eigenvalue weighted by Crippen LogP contribution is -2.32. The summed E-state index contributed by atoms with van der Waals surface area (Å²) in [7, 11) is 0. The molecule has 0 heterocycles. The normalized spacial score (nSPS) is 9.81. The Balaban J connectivity index is 2.66. The first-order valence-corrected chi connectivity index (χ1v) is 5.40. The van der Waals surface area contributed by atoms with Crippen molar-refractivity contribution in [2.24, 2.45) is 0 Å². The Bertz CT molecular complexity index is 374. The van der Waals surface area contributed by atoms with E-state index in [0.717, 1.165) is 5.56 Å². The minimum absolute atomic E-state index is 0.105. The zero-order valence-corrected chi connectivity index (χ0v) is 9.65. The molecule has 0 bridgehead atoms. The third-order valence-corrected chi connectivity index (χ3v) is 2.39. The molecular formula is C13H18N2O. The highest BCUT2D eigenvalue weighted by molar-refractivity contribution is 5.79. The monoisotopic (exact) mass is 218 g/mol. The average molecular weight is 218 g/mol. The standard InChI is InChI=1S/C13H18N2O/c1-3-8-15(4-2)13(16)10-11-6-5-7-12(14)9-11/h3,5-7,9H,1,4,8,10,14H2,2H3. The van der Waals surface area contributed by atoms with Gasteiger partial charge in [-0.25, -0.2) is 0 Å². The van der Waals surface area contributed by atoms with E-state index in [9.17, 15) is 4.79 Å². The fraction of sp³-hybridized carbons (Fsp3) is 0.308. The maximum absolute atomic E-state index is 11.9. The second-order valence-corrected chi connectivity index (χ2v) is 3.64. The van der Waals surface area contributed by atoms with Gasteiger partial charge in [0.2, 0.25) is 5.91 Å². The molecule has 0 saturated heterocycles. The van der Waals surface area contributed by atoms with Crippen molar-refractivity contribution in [3.05, 3.63) is 42.5 Å². The summed E-state index contributed by atoms with van der Waals surface area (Å²) in [6.07, 6.45) is 2.13. The average Bonchev–Trinajstić information content (AvgIpc) is 2.25. The van der Waals surface area contributed by atoms with Gasteiger partial charge in [0.15, 0.2) is 0 Å². The molecule has 0 aromatic heterocycles. The van der Waals surface area contributed by atoms with Crippen molar-refractivity contribution in [3.63, 3.8) is 0 Å². The van der Waals surface area contributed by atoms with Crippen molar-refractivity contribution >= 4 is 11.6 Å². The molecule has 2 N–H and O–H groups in total. The number of nitrogen functional groups attached to an aromatic ring is 1. The van der Waals surface area contributed by atoms with Gasteiger partial charge in [-0.1, -0.05) is 18.2 Å². The van der Waals surface area contributed by atoms with Gasteiger partial charge in [-0.15, -0.1) is 6.58 Å². The molecule has 0 aliphatic heterocycles. The van der Waals surface area contributed by atoms with Gasteiger partial charge in [-0.2, -0.15) is 0 Å². The first-order valence-electron chi connectivity index (χ1n) is 5.40. The van der Waals surface area contributed by atoms with Crippen LogP contribution in [0.2, 0.25) is 0 Å². The van der Waals surface area contributed by atoms with Gasteiger partial charge in [0.25, 0.3) is 0 Å². The van der Waals surface area contributed by atoms with E-state index in [2.05, 4.69) is 6.58 Å². The van der Waals surface area contributed by atoms with Crippen molar-refractivity contribution < 1.29 is 4.79 Å². The van der Waals surface area contributed by atoms with E-state index in [1.54, 1.807) is 11.0 Å². The highest BCUT2D eigenvalue weighted by Gasteiger charge is 2.10. The van der Waals surface area contributed by atoms with Gasteiger partial charge in [-0.05, 0) is 24.6 Å². The molecule has 0 saturated carbocycles. The molecular weight excluding hydrogens is 200 g/mol. The van der Waals surface area contributed by atoms with Crippen LogP contribution in [0.3, 0.4) is 0 Å². The topological polar surface area (TPSA) is 46.3 Å². The smallest absolute Gasteiger partial charge is 0.227 e. The lowest BCUT2D eigenvalue weighted by atomic mass is 10.1. The predicted octanol–water partition coefficient (Wildman–Crippen LogP) is 1.85. The molecule has 86 valence electrons. The van der Waals surface area contributed by atoms with Crippen molar-refractivity contribution in [2.75, 3.05) is 18.8 Å². The molecule has 1 amide bonds. The van der Waals surface area contributed by atoms with Crippen molar-refractivity contribution in [2.45, 2.75) is 13.3 Å². The molecule has 1 aromatic rings. The van der Waals surface area contributed by atoms with Gasteiger partial charge in [-0.3, -0.25) is 4.79 Å². The molecule has 0 radical (unpaired) electrons. The van der Waals surface area contributed by atoms with Crippen LogP contribution in [0, 0.1) is 0 Å². The van der Waals surface area contributed by atoms with E-state index in [1.165, 1.54) is 0 Å². The van der Waals surface area contributed by atoms with Gasteiger partial charge in [0, 0.05) is 18.8 Å². The number of carbonyl (C=O) groups is 1. The number of hydrogen-bond donors (Lipinski definition) is 1. The maximum atomic E-state index is 11.9. The van der Waals surface area contributed by atoms with E-state index in [-0.39, 0.29) is 5.91 Å². The summed E-state index contributed by atoms with van der Waals surface area (Å²) in [6.45, 7) is 6.89. The minimum Gasteiger partial charge on any atom is -0.399 e. The minimum atomic E-state index is 0.105. The Labute approximate surface area is 96.6 Å². The number of benzene rings is 1. The fourth-order valence-electron chi connectivity index (χ4n) is 1.55. The zero-order chi connectivity index (χ0) is 12.0. The summed E-state index contributed by atoms with van der Waals surface area (Å²) < 4.78 is 0. The van der Waals surface area contributed by atoms with Crippen molar-refractivity contribution in [1.29, 1.82) is 0 Å². The van der Waals surface area contributed by atoms with Crippen LogP contribution < -0.4 is 5.73 Å². The third kappa shape index (κ3) is 3.42. The first kappa shape index (κ1) is 12.3. The van der Waals surface area contributed by atoms with Crippen LogP contribution in [0.15, 0.2) is 36.9 Å². The van der Waals surface area contributed by atoms with Crippen LogP contribution in [0.5, 0.6) is 0 Å². The molecule has 0 spiro atoms. The lowest BCUT2D eigenvalue weighted by Gasteiger charge is -2.18. The quantitative estimate of drug-likeness (QED) is 0.605. The largest absolute Gasteiger partial charge is 0.399 e. The molecule has 3 heteroatoms. The molecule has 0 fully saturated rings. The summed E-state index contributed by atoms with van der Waals surface area (Å²) in [6, 6.07) is 7.42. The summed E-state index contributed by atoms with van der Waals surface area (Å²) >= 11 is 0. The van der Waals surface area contributed by atoms with Crippen LogP contribution in [-0.2, 0) is 11.2 Å². The Kier molecular flexibility index (Phi) is 4.58. The number of rotatable bonds is 5. The van der Waals surface area contributed by atoms with Gasteiger partial charge >= 0.3 is 0 Å². The van der Waals surface area contributed by atoms with Crippen LogP contribution in [0.25, 0.3) is 0 Å². The van der Waals surface area contributed by atoms with E-state index >= 15 is 0 Å². The summed E-state index contributed by atoms with van der Waals surface area (Å²) in [5.41, 5.74) is 7.30. The summed E-state index contributed by atoms with van der Waals surface area (Å²) in [4.78, 5) is 13.6. The Morgan fingerprint density at radius 2 is 2.31 bits per heavy atom. The van der Waals surface area contributed by atoms with Crippen molar-refractivity contribution in [1.82, 2.24) is 4.90 Å². The number of hydrogen-bond acceptors (Lipinski definition) is 2. The van der Waals surface area contributed by atoms with E-state index in [0.29, 0.717) is 25.2 Å². The van der Waals surface area contributed by atoms with Crippen LogP contribution in [0.1, 0.15) is 12.5 Å².